The zero-order valence-electron chi connectivity index (χ0n) is 13.6. The third-order valence-corrected chi connectivity index (χ3v) is 4.84. The van der Waals surface area contributed by atoms with Gasteiger partial charge in [0.15, 0.2) is 5.78 Å². The number of carbonyl (C=O) groups is 1. The molecule has 1 aliphatic rings. The van der Waals surface area contributed by atoms with Crippen LogP contribution in [0.15, 0.2) is 30.3 Å². The highest BCUT2D eigenvalue weighted by Crippen LogP contribution is 2.36. The first-order valence-electron chi connectivity index (χ1n) is 7.98. The van der Waals surface area contributed by atoms with Crippen LogP contribution in [-0.2, 0) is 0 Å². The number of benzene rings is 1. The van der Waals surface area contributed by atoms with Crippen molar-refractivity contribution in [1.82, 2.24) is 9.80 Å². The normalized spacial score (nSPS) is 17.0. The van der Waals surface area contributed by atoms with Crippen LogP contribution in [0.1, 0.15) is 42.5 Å². The summed E-state index contributed by atoms with van der Waals surface area (Å²) in [6.45, 7) is 2.10. The van der Waals surface area contributed by atoms with Crippen LogP contribution >= 0.6 is 0 Å². The zero-order chi connectivity index (χ0) is 15.3. The second-order valence-corrected chi connectivity index (χ2v) is 6.60. The average molecular weight is 288 g/mol. The number of nitrogens with zero attached hydrogens (tertiary/aromatic N) is 2. The van der Waals surface area contributed by atoms with Crippen molar-refractivity contribution >= 4 is 5.78 Å². The molecule has 0 spiro atoms. The number of Topliss-reactive ketones (excluding diaryl/α,β-unsaturated/α-hetero) is 1. The minimum Gasteiger partial charge on any atom is -0.305 e. The van der Waals surface area contributed by atoms with Crippen molar-refractivity contribution in [2.24, 2.45) is 0 Å². The van der Waals surface area contributed by atoms with Crippen LogP contribution < -0.4 is 0 Å². The molecule has 1 aliphatic carbocycles. The molecule has 0 radical (unpaired) electrons. The number of ketones is 1. The summed E-state index contributed by atoms with van der Waals surface area (Å²) in [6, 6.07) is 9.61. The lowest BCUT2D eigenvalue weighted by molar-refractivity contribution is 0.0275. The molecule has 21 heavy (non-hydrogen) atoms. The van der Waals surface area contributed by atoms with Crippen molar-refractivity contribution in [3.8, 4) is 0 Å². The Balaban J connectivity index is 1.72. The Hall–Kier alpha value is -1.19. The lowest BCUT2D eigenvalue weighted by Crippen LogP contribution is -2.56. The Morgan fingerprint density at radius 3 is 2.33 bits per heavy atom. The van der Waals surface area contributed by atoms with Gasteiger partial charge in [-0.25, -0.2) is 0 Å². The minimum atomic E-state index is 0.259. The van der Waals surface area contributed by atoms with Crippen molar-refractivity contribution in [3.05, 3.63) is 35.9 Å². The summed E-state index contributed by atoms with van der Waals surface area (Å²) in [6.07, 6.45) is 5.52. The Bertz CT molecular complexity index is 452. The number of hydrogen-bond acceptors (Lipinski definition) is 3. The molecule has 0 heterocycles. The molecule has 3 heteroatoms. The van der Waals surface area contributed by atoms with Gasteiger partial charge in [0.1, 0.15) is 0 Å². The van der Waals surface area contributed by atoms with Crippen LogP contribution in [0.5, 0.6) is 0 Å². The van der Waals surface area contributed by atoms with Gasteiger partial charge >= 0.3 is 0 Å². The zero-order valence-corrected chi connectivity index (χ0v) is 13.6. The molecule has 1 fully saturated rings. The highest BCUT2D eigenvalue weighted by atomic mass is 16.1. The van der Waals surface area contributed by atoms with Crippen molar-refractivity contribution < 1.29 is 4.79 Å². The molecule has 3 nitrogen and oxygen atoms in total. The van der Waals surface area contributed by atoms with Gasteiger partial charge < -0.3 is 9.80 Å². The average Bonchev–Trinajstić information content (AvgIpc) is 2.43. The summed E-state index contributed by atoms with van der Waals surface area (Å²) in [4.78, 5) is 16.8. The molecular weight excluding hydrogens is 260 g/mol. The van der Waals surface area contributed by atoms with Crippen molar-refractivity contribution in [1.29, 1.82) is 0 Å². The van der Waals surface area contributed by atoms with Gasteiger partial charge in [-0.3, -0.25) is 4.79 Å². The monoisotopic (exact) mass is 288 g/mol. The SMILES string of the molecule is CN(CCCC(=O)c1ccccc1)CC1(N(C)C)CCC1. The molecule has 0 amide bonds. The quantitative estimate of drug-likeness (QED) is 0.687. The van der Waals surface area contributed by atoms with E-state index in [1.807, 2.05) is 30.3 Å². The highest BCUT2D eigenvalue weighted by molar-refractivity contribution is 5.95. The van der Waals surface area contributed by atoms with Crippen LogP contribution in [-0.4, -0.2) is 55.4 Å². The first-order valence-corrected chi connectivity index (χ1v) is 7.98. The van der Waals surface area contributed by atoms with Gasteiger partial charge in [-0.1, -0.05) is 30.3 Å². The maximum absolute atomic E-state index is 12.1. The fraction of sp³-hybridized carbons (Fsp3) is 0.611. The van der Waals surface area contributed by atoms with Gasteiger partial charge in [-0.15, -0.1) is 0 Å². The van der Waals surface area contributed by atoms with E-state index in [0.717, 1.165) is 25.1 Å². The number of likely N-dealkylation sites (N-methyl/N-ethyl adjacent to an activating group) is 2. The summed E-state index contributed by atoms with van der Waals surface area (Å²) in [5.41, 5.74) is 1.21. The van der Waals surface area contributed by atoms with Crippen LogP contribution in [0.4, 0.5) is 0 Å². The fourth-order valence-electron chi connectivity index (χ4n) is 3.19. The van der Waals surface area contributed by atoms with Gasteiger partial charge in [0.05, 0.1) is 0 Å². The van der Waals surface area contributed by atoms with Gasteiger partial charge in [-0.05, 0) is 53.4 Å². The second kappa shape index (κ2) is 7.19. The Kier molecular flexibility index (Phi) is 5.54. The first kappa shape index (κ1) is 16.2. The van der Waals surface area contributed by atoms with E-state index in [0.29, 0.717) is 12.0 Å². The molecule has 0 saturated heterocycles. The van der Waals surface area contributed by atoms with E-state index in [-0.39, 0.29) is 5.78 Å². The van der Waals surface area contributed by atoms with Gasteiger partial charge in [0.2, 0.25) is 0 Å². The maximum Gasteiger partial charge on any atom is 0.162 e. The molecule has 0 bridgehead atoms. The van der Waals surface area contributed by atoms with E-state index in [2.05, 4.69) is 30.9 Å². The van der Waals surface area contributed by atoms with E-state index < -0.39 is 0 Å². The molecule has 0 unspecified atom stereocenters. The molecule has 1 saturated carbocycles. The standard InChI is InChI=1S/C18H28N2O/c1-19(2)18(12-8-13-18)15-20(3)14-7-11-17(21)16-9-5-4-6-10-16/h4-6,9-10H,7-8,11-15H2,1-3H3. The molecule has 2 rings (SSSR count). The largest absolute Gasteiger partial charge is 0.305 e. The molecule has 1 aromatic rings. The Labute approximate surface area is 128 Å². The van der Waals surface area contributed by atoms with Crippen molar-refractivity contribution in [2.75, 3.05) is 34.2 Å². The van der Waals surface area contributed by atoms with E-state index in [1.54, 1.807) is 0 Å². The fourth-order valence-corrected chi connectivity index (χ4v) is 3.19. The van der Waals surface area contributed by atoms with Crippen molar-refractivity contribution in [2.45, 2.75) is 37.6 Å². The maximum atomic E-state index is 12.1. The highest BCUT2D eigenvalue weighted by Gasteiger charge is 2.39. The summed E-state index contributed by atoms with van der Waals surface area (Å²) >= 11 is 0. The van der Waals surface area contributed by atoms with E-state index >= 15 is 0 Å². The van der Waals surface area contributed by atoms with Crippen LogP contribution in [0.25, 0.3) is 0 Å². The predicted octanol–water partition coefficient (Wildman–Crippen LogP) is 3.07. The smallest absolute Gasteiger partial charge is 0.162 e. The second-order valence-electron chi connectivity index (χ2n) is 6.60. The van der Waals surface area contributed by atoms with Gasteiger partial charge in [0, 0.05) is 24.1 Å². The topological polar surface area (TPSA) is 23.6 Å². The third-order valence-electron chi connectivity index (χ3n) is 4.84. The van der Waals surface area contributed by atoms with Crippen LogP contribution in [0.2, 0.25) is 0 Å². The van der Waals surface area contributed by atoms with Gasteiger partial charge in [0.25, 0.3) is 0 Å². The van der Waals surface area contributed by atoms with Crippen LogP contribution in [0, 0.1) is 0 Å². The van der Waals surface area contributed by atoms with Crippen molar-refractivity contribution in [3.63, 3.8) is 0 Å². The predicted molar refractivity (Wildman–Crippen MR) is 87.8 cm³/mol. The minimum absolute atomic E-state index is 0.259. The lowest BCUT2D eigenvalue weighted by Gasteiger charge is -2.49. The summed E-state index contributed by atoms with van der Waals surface area (Å²) in [5, 5.41) is 0. The molecular formula is C18H28N2O. The number of rotatable bonds is 8. The van der Waals surface area contributed by atoms with Gasteiger partial charge in [-0.2, -0.15) is 0 Å². The number of hydrogen-bond donors (Lipinski definition) is 0. The molecule has 0 aromatic heterocycles. The molecule has 0 N–H and O–H groups in total. The summed E-state index contributed by atoms with van der Waals surface area (Å²) in [7, 11) is 6.55. The number of carbonyl (C=O) groups excluding carboxylic acids is 1. The summed E-state index contributed by atoms with van der Waals surface area (Å²) < 4.78 is 0. The molecule has 116 valence electrons. The third kappa shape index (κ3) is 4.14. The van der Waals surface area contributed by atoms with E-state index in [9.17, 15) is 4.79 Å². The van der Waals surface area contributed by atoms with E-state index in [1.165, 1.54) is 19.3 Å². The van der Waals surface area contributed by atoms with Crippen LogP contribution in [0.3, 0.4) is 0 Å². The molecule has 0 atom stereocenters. The first-order chi connectivity index (χ1) is 10.0. The van der Waals surface area contributed by atoms with E-state index in [4.69, 9.17) is 0 Å². The molecule has 1 aromatic carbocycles. The summed E-state index contributed by atoms with van der Waals surface area (Å²) in [5.74, 6) is 0.259. The molecule has 0 aliphatic heterocycles. The Morgan fingerprint density at radius 2 is 1.81 bits per heavy atom. The Morgan fingerprint density at radius 1 is 1.14 bits per heavy atom. The lowest BCUT2D eigenvalue weighted by atomic mass is 9.75.